The van der Waals surface area contributed by atoms with Crippen LogP contribution in [0.2, 0.25) is 0 Å². The number of methoxy groups -OCH3 is 2. The van der Waals surface area contributed by atoms with Crippen LogP contribution in [0.15, 0.2) is 12.1 Å². The van der Waals surface area contributed by atoms with E-state index in [2.05, 4.69) is 14.7 Å². The molecule has 7 nitrogen and oxygen atoms in total. The number of ether oxygens (including phenoxy) is 2. The first-order valence-corrected chi connectivity index (χ1v) is 8.51. The van der Waals surface area contributed by atoms with Gasteiger partial charge in [0, 0.05) is 32.2 Å². The number of nitrogens with zero attached hydrogens (tertiary/aromatic N) is 4. The maximum Gasteiger partial charge on any atom is 0.257 e. The summed E-state index contributed by atoms with van der Waals surface area (Å²) < 4.78 is 51.3. The molecule has 0 atom stereocenters. The van der Waals surface area contributed by atoms with E-state index >= 15 is 0 Å². The molecule has 0 bridgehead atoms. The lowest BCUT2D eigenvalue weighted by Crippen LogP contribution is -2.49. The third-order valence-corrected chi connectivity index (χ3v) is 4.45. The van der Waals surface area contributed by atoms with Gasteiger partial charge in [0.1, 0.15) is 11.6 Å². The molecule has 1 fully saturated rings. The lowest BCUT2D eigenvalue weighted by molar-refractivity contribution is 0.0740. The molecule has 2 heterocycles. The number of benzene rings is 1. The highest BCUT2D eigenvalue weighted by atomic mass is 19.2. The van der Waals surface area contributed by atoms with Crippen LogP contribution in [0.3, 0.4) is 0 Å². The quantitative estimate of drug-likeness (QED) is 0.738. The zero-order valence-corrected chi connectivity index (χ0v) is 15.6. The Morgan fingerprint density at radius 1 is 1.00 bits per heavy atom. The Morgan fingerprint density at radius 3 is 2.29 bits per heavy atom. The molecule has 10 heteroatoms. The van der Waals surface area contributed by atoms with Crippen molar-refractivity contribution in [3.05, 3.63) is 41.0 Å². The van der Waals surface area contributed by atoms with E-state index in [0.717, 1.165) is 7.11 Å². The highest BCUT2D eigenvalue weighted by Gasteiger charge is 2.29. The largest absolute Gasteiger partial charge is 0.491 e. The van der Waals surface area contributed by atoms with E-state index in [1.165, 1.54) is 12.0 Å². The molecule has 0 spiro atoms. The number of hydrogen-bond donors (Lipinski definition) is 0. The maximum absolute atomic E-state index is 14.4. The predicted molar refractivity (Wildman–Crippen MR) is 94.3 cm³/mol. The van der Waals surface area contributed by atoms with Crippen molar-refractivity contribution in [2.75, 3.05) is 45.3 Å². The Hall–Kier alpha value is -3.04. The third kappa shape index (κ3) is 3.67. The van der Waals surface area contributed by atoms with Crippen molar-refractivity contribution in [2.24, 2.45) is 0 Å². The fourth-order valence-electron chi connectivity index (χ4n) is 3.02. The normalized spacial score (nSPS) is 14.2. The minimum Gasteiger partial charge on any atom is -0.491 e. The number of piperazine rings is 1. The Labute approximate surface area is 159 Å². The number of rotatable bonds is 4. The molecule has 1 aromatic heterocycles. The predicted octanol–water partition coefficient (Wildman–Crippen LogP) is 2.18. The van der Waals surface area contributed by atoms with Crippen molar-refractivity contribution in [1.29, 1.82) is 0 Å². The smallest absolute Gasteiger partial charge is 0.257 e. The van der Waals surface area contributed by atoms with Crippen LogP contribution < -0.4 is 14.4 Å². The van der Waals surface area contributed by atoms with E-state index < -0.39 is 34.7 Å². The monoisotopic (exact) mass is 396 g/mol. The Balaban J connectivity index is 1.76. The van der Waals surface area contributed by atoms with Crippen LogP contribution >= 0.6 is 0 Å². The Bertz CT molecular complexity index is 902. The molecule has 1 saturated heterocycles. The van der Waals surface area contributed by atoms with Crippen LogP contribution in [0, 0.1) is 24.4 Å². The van der Waals surface area contributed by atoms with E-state index in [-0.39, 0.29) is 13.1 Å². The van der Waals surface area contributed by atoms with Gasteiger partial charge in [-0.2, -0.15) is 9.37 Å². The number of anilines is 1. The van der Waals surface area contributed by atoms with Gasteiger partial charge in [-0.1, -0.05) is 0 Å². The van der Waals surface area contributed by atoms with E-state index in [1.807, 2.05) is 4.90 Å². The number of carbonyl (C=O) groups excluding carboxylic acids is 1. The highest BCUT2D eigenvalue weighted by Crippen LogP contribution is 2.28. The Kier molecular flexibility index (Phi) is 5.57. The summed E-state index contributed by atoms with van der Waals surface area (Å²) in [6, 6.07) is 2.24. The number of amides is 1. The second kappa shape index (κ2) is 7.91. The third-order valence-electron chi connectivity index (χ3n) is 4.45. The first-order valence-electron chi connectivity index (χ1n) is 8.51. The van der Waals surface area contributed by atoms with Crippen LogP contribution in [0.25, 0.3) is 0 Å². The van der Waals surface area contributed by atoms with Crippen molar-refractivity contribution < 1.29 is 27.4 Å². The minimum absolute atomic E-state index is 0.255. The molecule has 0 saturated carbocycles. The topological polar surface area (TPSA) is 67.8 Å². The number of aromatic nitrogens is 2. The Morgan fingerprint density at radius 2 is 1.68 bits per heavy atom. The summed E-state index contributed by atoms with van der Waals surface area (Å²) in [6.07, 6.45) is 0. The van der Waals surface area contributed by atoms with Gasteiger partial charge in [0.15, 0.2) is 17.4 Å². The molecule has 28 heavy (non-hydrogen) atoms. The second-order valence-electron chi connectivity index (χ2n) is 6.16. The van der Waals surface area contributed by atoms with Crippen LogP contribution in [-0.4, -0.2) is 61.2 Å². The molecular formula is C18H19F3N4O3. The van der Waals surface area contributed by atoms with Gasteiger partial charge < -0.3 is 19.3 Å². The van der Waals surface area contributed by atoms with E-state index in [1.54, 1.807) is 13.0 Å². The van der Waals surface area contributed by atoms with Crippen LogP contribution in [0.5, 0.6) is 11.6 Å². The average molecular weight is 396 g/mol. The minimum atomic E-state index is -1.46. The fourth-order valence-corrected chi connectivity index (χ4v) is 3.02. The molecule has 150 valence electrons. The van der Waals surface area contributed by atoms with Gasteiger partial charge in [0.05, 0.1) is 19.8 Å². The summed E-state index contributed by atoms with van der Waals surface area (Å²) in [5.74, 6) is -4.04. The zero-order valence-electron chi connectivity index (χ0n) is 15.6. The molecule has 1 aliphatic heterocycles. The molecule has 0 unspecified atom stereocenters. The molecule has 3 rings (SSSR count). The first-order chi connectivity index (χ1) is 13.3. The van der Waals surface area contributed by atoms with Crippen molar-refractivity contribution >= 4 is 11.7 Å². The van der Waals surface area contributed by atoms with Crippen LogP contribution in [0.4, 0.5) is 19.0 Å². The van der Waals surface area contributed by atoms with Gasteiger partial charge in [-0.3, -0.25) is 4.79 Å². The molecule has 2 aromatic rings. The second-order valence-corrected chi connectivity index (χ2v) is 6.16. The lowest BCUT2D eigenvalue weighted by Gasteiger charge is -2.35. The number of aryl methyl sites for hydroxylation is 1. The summed E-state index contributed by atoms with van der Waals surface area (Å²) in [4.78, 5) is 24.4. The molecule has 0 aliphatic carbocycles. The van der Waals surface area contributed by atoms with E-state index in [0.29, 0.717) is 36.7 Å². The number of halogens is 3. The van der Waals surface area contributed by atoms with Crippen LogP contribution in [0.1, 0.15) is 16.2 Å². The van der Waals surface area contributed by atoms with Gasteiger partial charge in [-0.25, -0.2) is 13.8 Å². The average Bonchev–Trinajstić information content (AvgIpc) is 2.70. The molecule has 0 N–H and O–H groups in total. The number of carbonyl (C=O) groups is 1. The van der Waals surface area contributed by atoms with Gasteiger partial charge in [0.2, 0.25) is 11.7 Å². The van der Waals surface area contributed by atoms with Crippen molar-refractivity contribution in [3.8, 4) is 11.6 Å². The van der Waals surface area contributed by atoms with E-state index in [4.69, 9.17) is 4.74 Å². The van der Waals surface area contributed by atoms with Crippen molar-refractivity contribution in [1.82, 2.24) is 14.9 Å². The molecule has 1 aromatic carbocycles. The molecule has 1 amide bonds. The summed E-state index contributed by atoms with van der Waals surface area (Å²) in [7, 11) is 2.51. The standard InChI is InChI=1S/C18H19F3N4O3/c1-10-22-13(9-14(23-10)27-2)24-4-6-25(7-5-24)18(26)11-8-12(19)16(21)17(28-3)15(11)20/h8-9H,4-7H2,1-3H3. The summed E-state index contributed by atoms with van der Waals surface area (Å²) in [5.41, 5.74) is -0.566. The lowest BCUT2D eigenvalue weighted by atomic mass is 10.1. The number of hydrogen-bond acceptors (Lipinski definition) is 6. The highest BCUT2D eigenvalue weighted by molar-refractivity contribution is 5.95. The van der Waals surface area contributed by atoms with Crippen LogP contribution in [-0.2, 0) is 0 Å². The maximum atomic E-state index is 14.4. The molecular weight excluding hydrogens is 377 g/mol. The van der Waals surface area contributed by atoms with Crippen molar-refractivity contribution in [2.45, 2.75) is 6.92 Å². The van der Waals surface area contributed by atoms with Gasteiger partial charge in [0.25, 0.3) is 5.91 Å². The van der Waals surface area contributed by atoms with Gasteiger partial charge in [-0.05, 0) is 13.0 Å². The molecule has 1 aliphatic rings. The molecule has 0 radical (unpaired) electrons. The van der Waals surface area contributed by atoms with Gasteiger partial charge >= 0.3 is 0 Å². The van der Waals surface area contributed by atoms with Crippen molar-refractivity contribution in [3.63, 3.8) is 0 Å². The summed E-state index contributed by atoms with van der Waals surface area (Å²) in [6.45, 7) is 3.10. The summed E-state index contributed by atoms with van der Waals surface area (Å²) >= 11 is 0. The zero-order chi connectivity index (χ0) is 20.4. The first kappa shape index (κ1) is 19.7. The fraction of sp³-hybridized carbons (Fsp3) is 0.389. The van der Waals surface area contributed by atoms with E-state index in [9.17, 15) is 18.0 Å². The van der Waals surface area contributed by atoms with Gasteiger partial charge in [-0.15, -0.1) is 0 Å². The summed E-state index contributed by atoms with van der Waals surface area (Å²) in [5, 5.41) is 0. The SMILES string of the molecule is COc1cc(N2CCN(C(=O)c3cc(F)c(F)c(OC)c3F)CC2)nc(C)n1.